The summed E-state index contributed by atoms with van der Waals surface area (Å²) >= 11 is 5.22. The van der Waals surface area contributed by atoms with Crippen molar-refractivity contribution in [3.63, 3.8) is 0 Å². The van der Waals surface area contributed by atoms with Gasteiger partial charge in [-0.3, -0.25) is 4.79 Å². The number of thiophene rings is 1. The molecule has 0 saturated carbocycles. The van der Waals surface area contributed by atoms with E-state index in [1.54, 1.807) is 11.3 Å². The second-order valence-corrected chi connectivity index (χ2v) is 18.3. The Morgan fingerprint density at radius 2 is 1.16 bits per heavy atom. The fourth-order valence-electron chi connectivity index (χ4n) is 8.44. The van der Waals surface area contributed by atoms with Crippen LogP contribution in [0.2, 0.25) is 0 Å². The SMILES string of the molecule is CCCCC(CC)COc1ccc(N(c2ccc(OCC(CC)CCCC)cc2)c2ccc(-c3sc(-c4ccc5c(c4)C(=O)c4cc(Br)ccc4-5)c4c3CCOO4)cc2)cc1. The van der Waals surface area contributed by atoms with Crippen molar-refractivity contribution in [3.8, 4) is 49.3 Å². The predicted octanol–water partition coefficient (Wildman–Crippen LogP) is 15.6. The highest BCUT2D eigenvalue weighted by molar-refractivity contribution is 9.10. The van der Waals surface area contributed by atoms with E-state index in [0.717, 1.165) is 114 Å². The van der Waals surface area contributed by atoms with Gasteiger partial charge in [0.2, 0.25) is 0 Å². The Morgan fingerprint density at radius 3 is 1.72 bits per heavy atom. The van der Waals surface area contributed by atoms with Crippen LogP contribution in [0.25, 0.3) is 32.0 Å². The smallest absolute Gasteiger partial charge is 0.194 e. The van der Waals surface area contributed by atoms with Gasteiger partial charge >= 0.3 is 0 Å². The largest absolute Gasteiger partial charge is 0.493 e. The summed E-state index contributed by atoms with van der Waals surface area (Å²) in [5.41, 5.74) is 9.66. The topological polar surface area (TPSA) is 57.2 Å². The molecule has 0 fully saturated rings. The van der Waals surface area contributed by atoms with E-state index < -0.39 is 0 Å². The van der Waals surface area contributed by atoms with Crippen LogP contribution >= 0.6 is 27.3 Å². The zero-order valence-electron chi connectivity index (χ0n) is 35.8. The van der Waals surface area contributed by atoms with Crippen LogP contribution in [0.15, 0.2) is 114 Å². The monoisotopic (exact) mass is 897 g/mol. The molecule has 0 spiro atoms. The minimum atomic E-state index is 0.0422. The lowest BCUT2D eigenvalue weighted by molar-refractivity contribution is -0.214. The van der Waals surface area contributed by atoms with Crippen molar-refractivity contribution in [1.29, 1.82) is 0 Å². The summed E-state index contributed by atoms with van der Waals surface area (Å²) in [6.07, 6.45) is 10.3. The summed E-state index contributed by atoms with van der Waals surface area (Å²) in [4.78, 5) is 29.4. The first-order chi connectivity index (χ1) is 29.9. The number of halogens is 1. The molecule has 1 aromatic heterocycles. The first-order valence-electron chi connectivity index (χ1n) is 22.2. The number of carbonyl (C=O) groups is 1. The number of fused-ring (bicyclic) bond motifs is 4. The lowest BCUT2D eigenvalue weighted by atomic mass is 10.0. The van der Waals surface area contributed by atoms with Gasteiger partial charge in [0.25, 0.3) is 0 Å². The third kappa shape index (κ3) is 9.47. The maximum Gasteiger partial charge on any atom is 0.194 e. The summed E-state index contributed by atoms with van der Waals surface area (Å²) in [6.45, 7) is 11.0. The highest BCUT2D eigenvalue weighted by Gasteiger charge is 2.30. The first-order valence-corrected chi connectivity index (χ1v) is 23.8. The summed E-state index contributed by atoms with van der Waals surface area (Å²) in [7, 11) is 0. The van der Waals surface area contributed by atoms with Crippen molar-refractivity contribution >= 4 is 50.1 Å². The van der Waals surface area contributed by atoms with Crippen molar-refractivity contribution < 1.29 is 24.0 Å². The molecular weight excluding hydrogens is 843 g/mol. The fraction of sp³-hybridized carbons (Fsp3) is 0.340. The van der Waals surface area contributed by atoms with Gasteiger partial charge in [-0.25, -0.2) is 0 Å². The van der Waals surface area contributed by atoms with Crippen molar-refractivity contribution in [2.75, 3.05) is 24.7 Å². The Bertz CT molecular complexity index is 2360. The minimum absolute atomic E-state index is 0.0422. The molecule has 0 N–H and O–H groups in total. The average Bonchev–Trinajstić information content (AvgIpc) is 3.82. The number of unbranched alkanes of at least 4 members (excludes halogenated alkanes) is 2. The number of hydrogen-bond acceptors (Lipinski definition) is 7. The highest BCUT2D eigenvalue weighted by atomic mass is 79.9. The molecule has 8 rings (SSSR count). The molecule has 0 saturated heterocycles. The zero-order chi connectivity index (χ0) is 42.3. The van der Waals surface area contributed by atoms with E-state index in [-0.39, 0.29) is 5.78 Å². The molecule has 8 heteroatoms. The molecule has 0 radical (unpaired) electrons. The molecule has 2 atom stereocenters. The molecule has 1 aliphatic carbocycles. The summed E-state index contributed by atoms with van der Waals surface area (Å²) < 4.78 is 13.5. The van der Waals surface area contributed by atoms with E-state index in [1.165, 1.54) is 38.5 Å². The Hall–Kier alpha value is -4.89. The van der Waals surface area contributed by atoms with Crippen molar-refractivity contribution in [1.82, 2.24) is 0 Å². The predicted molar refractivity (Wildman–Crippen MR) is 254 cm³/mol. The fourth-order valence-corrected chi connectivity index (χ4v) is 10.1. The van der Waals surface area contributed by atoms with E-state index in [1.807, 2.05) is 24.3 Å². The molecule has 5 aromatic carbocycles. The van der Waals surface area contributed by atoms with Gasteiger partial charge < -0.3 is 19.3 Å². The second kappa shape index (κ2) is 19.9. The van der Waals surface area contributed by atoms with Crippen LogP contribution in [-0.4, -0.2) is 25.6 Å². The molecule has 2 aliphatic rings. The van der Waals surface area contributed by atoms with E-state index in [2.05, 4.69) is 133 Å². The molecule has 61 heavy (non-hydrogen) atoms. The van der Waals surface area contributed by atoms with E-state index >= 15 is 0 Å². The number of carbonyl (C=O) groups excluding carboxylic acids is 1. The van der Waals surface area contributed by atoms with Crippen molar-refractivity contribution in [2.24, 2.45) is 11.8 Å². The van der Waals surface area contributed by atoms with E-state index in [0.29, 0.717) is 24.0 Å². The Morgan fingerprint density at radius 1 is 0.639 bits per heavy atom. The van der Waals surface area contributed by atoms with Crippen LogP contribution in [-0.2, 0) is 11.3 Å². The Labute approximate surface area is 373 Å². The number of ether oxygens (including phenoxy) is 2. The molecule has 2 heterocycles. The summed E-state index contributed by atoms with van der Waals surface area (Å²) in [6, 6.07) is 37.8. The number of anilines is 3. The van der Waals surface area contributed by atoms with Gasteiger partial charge in [-0.05, 0) is 126 Å². The first kappa shape index (κ1) is 42.8. The number of nitrogens with zero attached hydrogens (tertiary/aromatic N) is 1. The maximum atomic E-state index is 13.6. The second-order valence-electron chi connectivity index (χ2n) is 16.3. The lowest BCUT2D eigenvalue weighted by Gasteiger charge is -2.26. The van der Waals surface area contributed by atoms with Crippen LogP contribution in [0.3, 0.4) is 0 Å². The third-order valence-electron chi connectivity index (χ3n) is 12.2. The molecule has 0 amide bonds. The molecule has 1 aliphatic heterocycles. The van der Waals surface area contributed by atoms with Gasteiger partial charge in [-0.2, -0.15) is 4.89 Å². The molecule has 0 bridgehead atoms. The molecule has 2 unspecified atom stereocenters. The van der Waals surface area contributed by atoms with Crippen LogP contribution in [0, 0.1) is 11.8 Å². The van der Waals surface area contributed by atoms with Gasteiger partial charge in [0, 0.05) is 49.5 Å². The number of ketones is 1. The van der Waals surface area contributed by atoms with Crippen LogP contribution in [0.1, 0.15) is 101 Å². The van der Waals surface area contributed by atoms with Crippen molar-refractivity contribution in [3.05, 3.63) is 130 Å². The van der Waals surface area contributed by atoms with Gasteiger partial charge in [0.1, 0.15) is 11.5 Å². The van der Waals surface area contributed by atoms with Gasteiger partial charge in [0.15, 0.2) is 11.5 Å². The van der Waals surface area contributed by atoms with E-state index in [4.69, 9.17) is 19.2 Å². The number of hydrogen-bond donors (Lipinski definition) is 0. The average molecular weight is 899 g/mol. The Balaban J connectivity index is 1.08. The van der Waals surface area contributed by atoms with Crippen LogP contribution in [0.4, 0.5) is 17.1 Å². The number of rotatable bonds is 19. The highest BCUT2D eigenvalue weighted by Crippen LogP contribution is 2.51. The molecule has 6 nitrogen and oxygen atoms in total. The molecular formula is C53H56BrNO5S. The zero-order valence-corrected chi connectivity index (χ0v) is 38.2. The quantitative estimate of drug-likeness (QED) is 0.0754. The third-order valence-corrected chi connectivity index (χ3v) is 14.0. The van der Waals surface area contributed by atoms with Crippen LogP contribution < -0.4 is 19.3 Å². The molecule has 316 valence electrons. The summed E-state index contributed by atoms with van der Waals surface area (Å²) in [5.74, 6) is 3.69. The van der Waals surface area contributed by atoms with Gasteiger partial charge in [-0.1, -0.05) is 112 Å². The minimum Gasteiger partial charge on any atom is -0.493 e. The molecule has 6 aromatic rings. The summed E-state index contributed by atoms with van der Waals surface area (Å²) in [5, 5.41) is 0. The maximum absolute atomic E-state index is 13.6. The van der Waals surface area contributed by atoms with E-state index in [9.17, 15) is 4.79 Å². The lowest BCUT2D eigenvalue weighted by Crippen LogP contribution is -2.12. The van der Waals surface area contributed by atoms with Crippen LogP contribution in [0.5, 0.6) is 17.2 Å². The number of benzene rings is 5. The van der Waals surface area contributed by atoms with Gasteiger partial charge in [-0.15, -0.1) is 11.3 Å². The van der Waals surface area contributed by atoms with Gasteiger partial charge in [0.05, 0.1) is 24.7 Å². The Kier molecular flexibility index (Phi) is 13.9. The standard InChI is InChI=1S/C53H56BrNO5S/c1-5-9-11-35(7-3)33-57-43-23-19-41(20-24-43)55(42-21-25-44(26-22-42)58-34-36(8-4)12-10-6-2)40-17-13-37(14-18-40)52-47-29-30-59-60-51(47)53(61-52)38-15-27-45-46-28-16-39(54)32-49(46)50(56)48(45)31-38/h13-28,31-32,35-36H,5-12,29-30,33-34H2,1-4H3. The van der Waals surface area contributed by atoms with Crippen molar-refractivity contribution in [2.45, 2.75) is 85.5 Å². The normalized spacial score (nSPS) is 13.8.